The SMILES string of the molecule is O=c1c2ccccc2c2nncn2n1Cc1ccccc1C(F)(F)F. The minimum absolute atomic E-state index is 0.00220. The number of aromatic nitrogens is 4. The Hall–Kier alpha value is -3.16. The third kappa shape index (κ3) is 2.46. The summed E-state index contributed by atoms with van der Waals surface area (Å²) in [5.74, 6) is 0. The van der Waals surface area contributed by atoms with E-state index in [4.69, 9.17) is 0 Å². The molecule has 25 heavy (non-hydrogen) atoms. The molecule has 0 radical (unpaired) electrons. The molecule has 4 rings (SSSR count). The van der Waals surface area contributed by atoms with Crippen LogP contribution < -0.4 is 5.56 Å². The van der Waals surface area contributed by atoms with Crippen LogP contribution in [0.3, 0.4) is 0 Å². The number of hydrogen-bond acceptors (Lipinski definition) is 3. The van der Waals surface area contributed by atoms with Gasteiger partial charge in [0.05, 0.1) is 17.5 Å². The lowest BCUT2D eigenvalue weighted by molar-refractivity contribution is -0.138. The van der Waals surface area contributed by atoms with Crippen LogP contribution in [0.15, 0.2) is 59.7 Å². The Morgan fingerprint density at radius 3 is 2.40 bits per heavy atom. The van der Waals surface area contributed by atoms with Gasteiger partial charge in [0.25, 0.3) is 5.56 Å². The Morgan fingerprint density at radius 2 is 1.64 bits per heavy atom. The second-order valence-electron chi connectivity index (χ2n) is 5.56. The molecule has 0 fully saturated rings. The molecule has 0 aliphatic heterocycles. The normalized spacial score (nSPS) is 12.1. The van der Waals surface area contributed by atoms with Gasteiger partial charge < -0.3 is 0 Å². The van der Waals surface area contributed by atoms with Crippen LogP contribution in [0.1, 0.15) is 11.1 Å². The van der Waals surface area contributed by atoms with Crippen LogP contribution in [-0.2, 0) is 12.7 Å². The first-order valence-electron chi connectivity index (χ1n) is 7.43. The average Bonchev–Trinajstić information content (AvgIpc) is 3.08. The van der Waals surface area contributed by atoms with Gasteiger partial charge >= 0.3 is 6.18 Å². The van der Waals surface area contributed by atoms with Crippen LogP contribution >= 0.6 is 0 Å². The standard InChI is InChI=1S/C17H11F3N4O/c18-17(19,20)14-8-4-1-5-11(14)9-23-16(25)13-7-3-2-6-12(13)15-22-21-10-24(15)23/h1-8,10H,9H2. The van der Waals surface area contributed by atoms with Crippen molar-refractivity contribution in [2.24, 2.45) is 0 Å². The predicted octanol–water partition coefficient (Wildman–Crippen LogP) is 3.11. The largest absolute Gasteiger partial charge is 0.416 e. The zero-order valence-electron chi connectivity index (χ0n) is 12.7. The highest BCUT2D eigenvalue weighted by molar-refractivity contribution is 5.92. The maximum absolute atomic E-state index is 13.2. The first kappa shape index (κ1) is 15.4. The molecular formula is C17H11F3N4O. The summed E-state index contributed by atoms with van der Waals surface area (Å²) in [4.78, 5) is 12.8. The molecule has 2 aromatic heterocycles. The fraction of sp³-hybridized carbons (Fsp3) is 0.118. The zero-order chi connectivity index (χ0) is 17.6. The summed E-state index contributed by atoms with van der Waals surface area (Å²) in [6, 6.07) is 12.0. The Labute approximate surface area is 138 Å². The number of fused-ring (bicyclic) bond motifs is 3. The number of hydrogen-bond donors (Lipinski definition) is 0. The third-order valence-corrected chi connectivity index (χ3v) is 4.07. The molecule has 2 aromatic carbocycles. The van der Waals surface area contributed by atoms with E-state index < -0.39 is 17.3 Å². The third-order valence-electron chi connectivity index (χ3n) is 4.07. The summed E-state index contributed by atoms with van der Waals surface area (Å²) in [6.45, 7) is -0.242. The molecule has 0 aliphatic carbocycles. The van der Waals surface area contributed by atoms with Crippen LogP contribution in [0.4, 0.5) is 13.2 Å². The molecule has 0 atom stereocenters. The number of rotatable bonds is 2. The van der Waals surface area contributed by atoms with Gasteiger partial charge in [-0.25, -0.2) is 9.20 Å². The second-order valence-corrected chi connectivity index (χ2v) is 5.56. The molecule has 0 N–H and O–H groups in total. The van der Waals surface area contributed by atoms with Gasteiger partial charge in [0, 0.05) is 5.39 Å². The van der Waals surface area contributed by atoms with Crippen LogP contribution in [0.25, 0.3) is 16.4 Å². The van der Waals surface area contributed by atoms with Gasteiger partial charge in [0.1, 0.15) is 6.33 Å². The molecule has 4 aromatic rings. The fourth-order valence-corrected chi connectivity index (χ4v) is 2.93. The average molecular weight is 344 g/mol. The van der Waals surface area contributed by atoms with E-state index in [1.165, 1.54) is 33.7 Å². The molecule has 5 nitrogen and oxygen atoms in total. The van der Waals surface area contributed by atoms with Gasteiger partial charge in [0.15, 0.2) is 5.65 Å². The van der Waals surface area contributed by atoms with Gasteiger partial charge in [-0.15, -0.1) is 10.2 Å². The first-order valence-corrected chi connectivity index (χ1v) is 7.43. The zero-order valence-corrected chi connectivity index (χ0v) is 12.7. The van der Waals surface area contributed by atoms with Crippen LogP contribution in [-0.4, -0.2) is 19.4 Å². The first-order chi connectivity index (χ1) is 12.0. The van der Waals surface area contributed by atoms with Crippen molar-refractivity contribution >= 4 is 16.4 Å². The Morgan fingerprint density at radius 1 is 0.960 bits per heavy atom. The Bertz CT molecular complexity index is 1140. The maximum Gasteiger partial charge on any atom is 0.416 e. The highest BCUT2D eigenvalue weighted by atomic mass is 19.4. The molecule has 8 heteroatoms. The lowest BCUT2D eigenvalue weighted by Crippen LogP contribution is -2.27. The highest BCUT2D eigenvalue weighted by Gasteiger charge is 2.33. The quantitative estimate of drug-likeness (QED) is 0.561. The smallest absolute Gasteiger partial charge is 0.267 e. The summed E-state index contributed by atoms with van der Waals surface area (Å²) in [7, 11) is 0. The molecule has 0 saturated heterocycles. The van der Waals surface area contributed by atoms with E-state index in [1.54, 1.807) is 24.3 Å². The van der Waals surface area contributed by atoms with Gasteiger partial charge in [-0.2, -0.15) is 13.2 Å². The molecule has 0 bridgehead atoms. The number of halogens is 3. The summed E-state index contributed by atoms with van der Waals surface area (Å²) < 4.78 is 42.3. The Kier molecular flexibility index (Phi) is 3.34. The van der Waals surface area contributed by atoms with Crippen molar-refractivity contribution in [2.75, 3.05) is 0 Å². The predicted molar refractivity (Wildman–Crippen MR) is 85.3 cm³/mol. The summed E-state index contributed by atoms with van der Waals surface area (Å²) in [5.41, 5.74) is -0.752. The van der Waals surface area contributed by atoms with E-state index in [0.29, 0.717) is 16.4 Å². The van der Waals surface area contributed by atoms with Crippen molar-refractivity contribution in [2.45, 2.75) is 12.7 Å². The minimum Gasteiger partial charge on any atom is -0.267 e. The van der Waals surface area contributed by atoms with Crippen molar-refractivity contribution in [1.29, 1.82) is 0 Å². The molecule has 0 unspecified atom stereocenters. The minimum atomic E-state index is -4.50. The fourth-order valence-electron chi connectivity index (χ4n) is 2.93. The molecule has 2 heterocycles. The highest BCUT2D eigenvalue weighted by Crippen LogP contribution is 2.32. The maximum atomic E-state index is 13.2. The van der Waals surface area contributed by atoms with Crippen LogP contribution in [0.5, 0.6) is 0 Å². The van der Waals surface area contributed by atoms with Crippen molar-refractivity contribution in [3.8, 4) is 0 Å². The number of nitrogens with zero attached hydrogens (tertiary/aromatic N) is 4. The van der Waals surface area contributed by atoms with Gasteiger partial charge in [0.2, 0.25) is 0 Å². The van der Waals surface area contributed by atoms with Gasteiger partial charge in [-0.05, 0) is 17.7 Å². The number of alkyl halides is 3. The van der Waals surface area contributed by atoms with E-state index in [1.807, 2.05) is 0 Å². The molecule has 126 valence electrons. The van der Waals surface area contributed by atoms with Crippen molar-refractivity contribution < 1.29 is 13.2 Å². The van der Waals surface area contributed by atoms with Gasteiger partial charge in [-0.3, -0.25) is 4.79 Å². The van der Waals surface area contributed by atoms with Crippen LogP contribution in [0.2, 0.25) is 0 Å². The molecule has 0 aliphatic rings. The van der Waals surface area contributed by atoms with Gasteiger partial charge in [-0.1, -0.05) is 36.4 Å². The lowest BCUT2D eigenvalue weighted by Gasteiger charge is -2.15. The number of benzene rings is 2. The lowest BCUT2D eigenvalue weighted by atomic mass is 10.1. The van der Waals surface area contributed by atoms with Crippen molar-refractivity contribution in [1.82, 2.24) is 19.4 Å². The van der Waals surface area contributed by atoms with E-state index in [-0.39, 0.29) is 12.1 Å². The van der Waals surface area contributed by atoms with Crippen molar-refractivity contribution in [3.05, 3.63) is 76.3 Å². The second kappa shape index (κ2) is 5.44. The van der Waals surface area contributed by atoms with E-state index >= 15 is 0 Å². The summed E-state index contributed by atoms with van der Waals surface area (Å²) in [5, 5.41) is 8.77. The molecule has 0 spiro atoms. The van der Waals surface area contributed by atoms with Crippen LogP contribution in [0, 0.1) is 0 Å². The molecule has 0 amide bonds. The summed E-state index contributed by atoms with van der Waals surface area (Å²) in [6.07, 6.45) is -3.18. The topological polar surface area (TPSA) is 52.2 Å². The Balaban J connectivity index is 1.98. The summed E-state index contributed by atoms with van der Waals surface area (Å²) >= 11 is 0. The molecule has 0 saturated carbocycles. The monoisotopic (exact) mass is 344 g/mol. The van der Waals surface area contributed by atoms with E-state index in [0.717, 1.165) is 6.07 Å². The van der Waals surface area contributed by atoms with E-state index in [9.17, 15) is 18.0 Å². The van der Waals surface area contributed by atoms with Crippen molar-refractivity contribution in [3.63, 3.8) is 0 Å². The van der Waals surface area contributed by atoms with E-state index in [2.05, 4.69) is 10.2 Å². The molecular weight excluding hydrogens is 333 g/mol.